The third-order valence-corrected chi connectivity index (χ3v) is 1.98. The zero-order chi connectivity index (χ0) is 11.0. The molecule has 0 saturated carbocycles. The third-order valence-electron chi connectivity index (χ3n) is 1.98. The number of likely N-dealkylation sites (N-methyl/N-ethyl adjacent to an activating group) is 1. The smallest absolute Gasteiger partial charge is 0.147 e. The predicted molar refractivity (Wildman–Crippen MR) is 61.2 cm³/mol. The van der Waals surface area contributed by atoms with Gasteiger partial charge in [0.05, 0.1) is 6.04 Å². The lowest BCUT2D eigenvalue weighted by Crippen LogP contribution is -2.35. The second-order valence-electron chi connectivity index (χ2n) is 3.11. The molecule has 78 valence electrons. The number of hydrogen-bond acceptors (Lipinski definition) is 2. The Labute approximate surface area is 86.4 Å². The van der Waals surface area contributed by atoms with Gasteiger partial charge in [-0.05, 0) is 25.5 Å². The molecule has 0 spiro atoms. The average molecular weight is 193 g/mol. The lowest BCUT2D eigenvalue weighted by atomic mass is 10.0. The van der Waals surface area contributed by atoms with Gasteiger partial charge in [-0.15, -0.1) is 0 Å². The van der Waals surface area contributed by atoms with Gasteiger partial charge in [-0.25, -0.2) is 0 Å². The fourth-order valence-corrected chi connectivity index (χ4v) is 1.21. The number of hydrogen-bond donors (Lipinski definition) is 1. The van der Waals surface area contributed by atoms with Gasteiger partial charge >= 0.3 is 0 Å². The molecule has 0 amide bonds. The van der Waals surface area contributed by atoms with E-state index >= 15 is 0 Å². The van der Waals surface area contributed by atoms with Crippen LogP contribution in [0.3, 0.4) is 0 Å². The first-order valence-electron chi connectivity index (χ1n) is 4.83. The fourth-order valence-electron chi connectivity index (χ4n) is 1.21. The Hall–Kier alpha value is -1.15. The Morgan fingerprint density at radius 3 is 2.50 bits per heavy atom. The molecule has 0 fully saturated rings. The molecule has 0 heterocycles. The summed E-state index contributed by atoms with van der Waals surface area (Å²) in [6, 6.07) is -0.107. The zero-order valence-electron chi connectivity index (χ0n) is 9.05. The van der Waals surface area contributed by atoms with Crippen LogP contribution >= 0.6 is 0 Å². The molecular formula is C12H19NO. The first-order chi connectivity index (χ1) is 6.65. The quantitative estimate of drug-likeness (QED) is 0.628. The van der Waals surface area contributed by atoms with E-state index in [0.29, 0.717) is 6.42 Å². The number of Topliss-reactive ketones (excluding diaryl/α,β-unsaturated/α-hetero) is 1. The molecule has 2 nitrogen and oxygen atoms in total. The lowest BCUT2D eigenvalue weighted by molar-refractivity contribution is -0.118. The van der Waals surface area contributed by atoms with Crippen LogP contribution in [0.15, 0.2) is 37.0 Å². The molecule has 0 aliphatic heterocycles. The van der Waals surface area contributed by atoms with Crippen molar-refractivity contribution in [3.63, 3.8) is 0 Å². The number of carbonyl (C=O) groups is 1. The van der Waals surface area contributed by atoms with Gasteiger partial charge < -0.3 is 5.32 Å². The lowest BCUT2D eigenvalue weighted by Gasteiger charge is -2.14. The van der Waals surface area contributed by atoms with Crippen LogP contribution < -0.4 is 5.32 Å². The summed E-state index contributed by atoms with van der Waals surface area (Å²) in [6.45, 7) is 11.7. The Kier molecular flexibility index (Phi) is 6.68. The molecule has 0 radical (unpaired) electrons. The number of ketones is 1. The van der Waals surface area contributed by atoms with Gasteiger partial charge in [0.15, 0.2) is 0 Å². The summed E-state index contributed by atoms with van der Waals surface area (Å²) in [5.74, 6) is 0.156. The maximum absolute atomic E-state index is 11.2. The molecule has 1 unspecified atom stereocenters. The molecule has 0 aromatic rings. The van der Waals surface area contributed by atoms with Crippen LogP contribution in [0.5, 0.6) is 0 Å². The normalized spacial score (nSPS) is 13.4. The monoisotopic (exact) mass is 193 g/mol. The molecule has 14 heavy (non-hydrogen) atoms. The molecule has 1 atom stereocenters. The Balaban J connectivity index is 4.40. The van der Waals surface area contributed by atoms with Gasteiger partial charge in [0.25, 0.3) is 0 Å². The molecule has 0 aliphatic rings. The first kappa shape index (κ1) is 12.8. The van der Waals surface area contributed by atoms with Crippen LogP contribution in [0, 0.1) is 0 Å². The number of rotatable bonds is 7. The van der Waals surface area contributed by atoms with Gasteiger partial charge in [-0.3, -0.25) is 4.79 Å². The summed E-state index contributed by atoms with van der Waals surface area (Å²) in [4.78, 5) is 11.2. The standard InChI is InChI=1S/C12H19NO/c1-5-8-11(6-2)9-12(10(4)14)13-7-3/h5-6,8,12-13H,1-2,7,9H2,3-4H3/b11-8+. The van der Waals surface area contributed by atoms with Crippen molar-refractivity contribution >= 4 is 5.78 Å². The Bertz CT molecular complexity index is 241. The van der Waals surface area contributed by atoms with Crippen molar-refractivity contribution in [2.45, 2.75) is 26.3 Å². The van der Waals surface area contributed by atoms with Gasteiger partial charge in [-0.1, -0.05) is 38.3 Å². The second kappa shape index (κ2) is 7.27. The van der Waals surface area contributed by atoms with Crippen LogP contribution in [0.25, 0.3) is 0 Å². The molecule has 1 N–H and O–H groups in total. The van der Waals surface area contributed by atoms with Crippen molar-refractivity contribution in [1.82, 2.24) is 5.32 Å². The minimum atomic E-state index is -0.107. The van der Waals surface area contributed by atoms with Crippen LogP contribution in [0.4, 0.5) is 0 Å². The van der Waals surface area contributed by atoms with E-state index in [-0.39, 0.29) is 11.8 Å². The summed E-state index contributed by atoms with van der Waals surface area (Å²) < 4.78 is 0. The Morgan fingerprint density at radius 2 is 2.14 bits per heavy atom. The number of carbonyl (C=O) groups excluding carboxylic acids is 1. The predicted octanol–water partition coefficient (Wildman–Crippen LogP) is 2.24. The maximum atomic E-state index is 11.2. The third kappa shape index (κ3) is 4.77. The van der Waals surface area contributed by atoms with Crippen molar-refractivity contribution in [3.8, 4) is 0 Å². The molecule has 0 aliphatic carbocycles. The SMILES string of the molecule is C=C/C=C(\C=C)CC(NCC)C(C)=O. The summed E-state index contributed by atoms with van der Waals surface area (Å²) in [6.07, 6.45) is 6.02. The summed E-state index contributed by atoms with van der Waals surface area (Å²) in [5.41, 5.74) is 1.03. The highest BCUT2D eigenvalue weighted by Gasteiger charge is 2.12. The van der Waals surface area contributed by atoms with Crippen LogP contribution in [-0.2, 0) is 4.79 Å². The average Bonchev–Trinajstić information content (AvgIpc) is 2.15. The number of nitrogens with one attached hydrogen (secondary N) is 1. The Morgan fingerprint density at radius 1 is 1.50 bits per heavy atom. The van der Waals surface area contributed by atoms with E-state index in [9.17, 15) is 4.79 Å². The van der Waals surface area contributed by atoms with E-state index in [4.69, 9.17) is 0 Å². The van der Waals surface area contributed by atoms with E-state index in [0.717, 1.165) is 12.1 Å². The van der Waals surface area contributed by atoms with Crippen molar-refractivity contribution in [1.29, 1.82) is 0 Å². The van der Waals surface area contributed by atoms with Gasteiger partial charge in [0.1, 0.15) is 5.78 Å². The number of allylic oxidation sites excluding steroid dienone is 3. The fraction of sp³-hybridized carbons (Fsp3) is 0.417. The van der Waals surface area contributed by atoms with E-state index in [2.05, 4.69) is 18.5 Å². The summed E-state index contributed by atoms with van der Waals surface area (Å²) >= 11 is 0. The largest absolute Gasteiger partial charge is 0.307 e. The second-order valence-corrected chi connectivity index (χ2v) is 3.11. The highest BCUT2D eigenvalue weighted by atomic mass is 16.1. The van der Waals surface area contributed by atoms with Crippen LogP contribution in [0.2, 0.25) is 0 Å². The molecular weight excluding hydrogens is 174 g/mol. The van der Waals surface area contributed by atoms with Crippen molar-refractivity contribution in [2.75, 3.05) is 6.54 Å². The van der Waals surface area contributed by atoms with Gasteiger partial charge in [0, 0.05) is 0 Å². The van der Waals surface area contributed by atoms with E-state index < -0.39 is 0 Å². The zero-order valence-corrected chi connectivity index (χ0v) is 9.05. The van der Waals surface area contributed by atoms with E-state index in [1.165, 1.54) is 0 Å². The molecule has 0 rings (SSSR count). The highest BCUT2D eigenvalue weighted by Crippen LogP contribution is 2.07. The summed E-state index contributed by atoms with van der Waals surface area (Å²) in [5, 5.41) is 3.13. The molecule has 0 aromatic heterocycles. The molecule has 2 heteroatoms. The van der Waals surface area contributed by atoms with E-state index in [1.807, 2.05) is 13.0 Å². The highest BCUT2D eigenvalue weighted by molar-refractivity contribution is 5.81. The molecule has 0 saturated heterocycles. The molecule has 0 aromatic carbocycles. The van der Waals surface area contributed by atoms with Gasteiger partial charge in [0.2, 0.25) is 0 Å². The topological polar surface area (TPSA) is 29.1 Å². The minimum absolute atomic E-state index is 0.107. The van der Waals surface area contributed by atoms with Crippen molar-refractivity contribution in [3.05, 3.63) is 37.0 Å². The molecule has 0 bridgehead atoms. The van der Waals surface area contributed by atoms with Crippen molar-refractivity contribution in [2.24, 2.45) is 0 Å². The van der Waals surface area contributed by atoms with Crippen LogP contribution in [-0.4, -0.2) is 18.4 Å². The first-order valence-corrected chi connectivity index (χ1v) is 4.83. The summed E-state index contributed by atoms with van der Waals surface area (Å²) in [7, 11) is 0. The van der Waals surface area contributed by atoms with E-state index in [1.54, 1.807) is 19.1 Å². The van der Waals surface area contributed by atoms with Crippen molar-refractivity contribution < 1.29 is 4.79 Å². The minimum Gasteiger partial charge on any atom is -0.307 e. The maximum Gasteiger partial charge on any atom is 0.147 e. The van der Waals surface area contributed by atoms with Gasteiger partial charge in [-0.2, -0.15) is 0 Å². The van der Waals surface area contributed by atoms with Crippen LogP contribution in [0.1, 0.15) is 20.3 Å².